The summed E-state index contributed by atoms with van der Waals surface area (Å²) in [5.41, 5.74) is 4.13. The highest BCUT2D eigenvalue weighted by Crippen LogP contribution is 2.38. The van der Waals surface area contributed by atoms with Gasteiger partial charge in [-0.2, -0.15) is 0 Å². The summed E-state index contributed by atoms with van der Waals surface area (Å²) in [5.74, 6) is 0.397. The Labute approximate surface area is 119 Å². The summed E-state index contributed by atoms with van der Waals surface area (Å²) in [6, 6.07) is 17.5. The number of halogens is 1. The van der Waals surface area contributed by atoms with Gasteiger partial charge in [-0.1, -0.05) is 48.0 Å². The highest BCUT2D eigenvalue weighted by molar-refractivity contribution is 6.30. The minimum atomic E-state index is 0.397. The molecule has 0 aliphatic carbocycles. The molecule has 0 saturated carbocycles. The van der Waals surface area contributed by atoms with Crippen LogP contribution in [0.1, 0.15) is 29.5 Å². The zero-order chi connectivity index (χ0) is 13.4. The molecular weight excluding hydrogens is 254 g/mol. The van der Waals surface area contributed by atoms with Crippen LogP contribution in [-0.4, -0.2) is 18.0 Å². The van der Waals surface area contributed by atoms with Crippen LogP contribution in [-0.2, 0) is 6.54 Å². The Morgan fingerprint density at radius 3 is 2.58 bits per heavy atom. The van der Waals surface area contributed by atoms with Crippen LogP contribution in [0.25, 0.3) is 0 Å². The molecule has 98 valence electrons. The largest absolute Gasteiger partial charge is 0.298 e. The Bertz CT molecular complexity index is 579. The maximum Gasteiger partial charge on any atom is 0.0409 e. The lowest BCUT2D eigenvalue weighted by atomic mass is 9.80. The molecule has 1 nitrogen and oxygen atoms in total. The van der Waals surface area contributed by atoms with Gasteiger partial charge in [0.15, 0.2) is 0 Å². The Balaban J connectivity index is 2.15. The van der Waals surface area contributed by atoms with Gasteiger partial charge in [-0.05, 0) is 42.8 Å². The highest BCUT2D eigenvalue weighted by atomic mass is 35.5. The van der Waals surface area contributed by atoms with Crippen LogP contribution < -0.4 is 0 Å². The van der Waals surface area contributed by atoms with Gasteiger partial charge < -0.3 is 0 Å². The average Bonchev–Trinajstić information content (AvgIpc) is 2.42. The van der Waals surface area contributed by atoms with Gasteiger partial charge >= 0.3 is 0 Å². The van der Waals surface area contributed by atoms with E-state index < -0.39 is 0 Å². The summed E-state index contributed by atoms with van der Waals surface area (Å²) in [7, 11) is 2.19. The number of hydrogen-bond acceptors (Lipinski definition) is 1. The smallest absolute Gasteiger partial charge is 0.0409 e. The fourth-order valence-corrected chi connectivity index (χ4v) is 3.23. The monoisotopic (exact) mass is 271 g/mol. The molecule has 2 aromatic rings. The van der Waals surface area contributed by atoms with E-state index in [1.165, 1.54) is 16.7 Å². The van der Waals surface area contributed by atoms with Gasteiger partial charge in [-0.3, -0.25) is 4.90 Å². The second-order valence-corrected chi connectivity index (χ2v) is 5.82. The number of hydrogen-bond donors (Lipinski definition) is 0. The SMILES string of the molecule is CC1C(c2ccccc2)c2cc(Cl)ccc2CN1C. The van der Waals surface area contributed by atoms with Gasteiger partial charge in [-0.15, -0.1) is 0 Å². The first-order valence-corrected chi connectivity index (χ1v) is 7.08. The summed E-state index contributed by atoms with van der Waals surface area (Å²) in [4.78, 5) is 2.41. The zero-order valence-corrected chi connectivity index (χ0v) is 12.1. The predicted molar refractivity (Wildman–Crippen MR) is 80.7 cm³/mol. The molecule has 1 aliphatic heterocycles. The van der Waals surface area contributed by atoms with Crippen molar-refractivity contribution in [3.63, 3.8) is 0 Å². The third-order valence-corrected chi connectivity index (χ3v) is 4.43. The summed E-state index contributed by atoms with van der Waals surface area (Å²) < 4.78 is 0. The van der Waals surface area contributed by atoms with E-state index in [0.717, 1.165) is 11.6 Å². The molecule has 0 N–H and O–H groups in total. The number of fused-ring (bicyclic) bond motifs is 1. The Hall–Kier alpha value is -1.31. The third-order valence-electron chi connectivity index (χ3n) is 4.20. The lowest BCUT2D eigenvalue weighted by Crippen LogP contribution is -2.39. The Morgan fingerprint density at radius 1 is 1.11 bits per heavy atom. The quantitative estimate of drug-likeness (QED) is 0.747. The molecule has 19 heavy (non-hydrogen) atoms. The fraction of sp³-hybridized carbons (Fsp3) is 0.294. The van der Waals surface area contributed by atoms with Gasteiger partial charge in [-0.25, -0.2) is 0 Å². The van der Waals surface area contributed by atoms with Crippen LogP contribution in [0.3, 0.4) is 0 Å². The number of rotatable bonds is 1. The number of nitrogens with zero attached hydrogens (tertiary/aromatic N) is 1. The molecule has 2 unspecified atom stereocenters. The van der Waals surface area contributed by atoms with E-state index in [4.69, 9.17) is 11.6 Å². The summed E-state index contributed by atoms with van der Waals surface area (Å²) in [6.45, 7) is 3.29. The first-order chi connectivity index (χ1) is 9.16. The lowest BCUT2D eigenvalue weighted by molar-refractivity contribution is 0.212. The summed E-state index contributed by atoms with van der Waals surface area (Å²) >= 11 is 6.20. The van der Waals surface area contributed by atoms with Gasteiger partial charge in [0.05, 0.1) is 0 Å². The van der Waals surface area contributed by atoms with Crippen LogP contribution >= 0.6 is 11.6 Å². The fourth-order valence-electron chi connectivity index (χ4n) is 3.04. The van der Waals surface area contributed by atoms with E-state index in [2.05, 4.69) is 61.3 Å². The van der Waals surface area contributed by atoms with Gasteiger partial charge in [0.1, 0.15) is 0 Å². The standard InChI is InChI=1S/C17H18ClN/c1-12-17(13-6-4-3-5-7-13)16-10-15(18)9-8-14(16)11-19(12)2/h3-10,12,17H,11H2,1-2H3. The normalized spacial score (nSPS) is 23.1. The Kier molecular flexibility index (Phi) is 3.34. The predicted octanol–water partition coefficient (Wildman–Crippen LogP) is 4.31. The van der Waals surface area contributed by atoms with E-state index in [1.807, 2.05) is 6.07 Å². The lowest BCUT2D eigenvalue weighted by Gasteiger charge is -2.39. The molecule has 0 aromatic heterocycles. The van der Waals surface area contributed by atoms with E-state index in [-0.39, 0.29) is 0 Å². The molecule has 0 bridgehead atoms. The highest BCUT2D eigenvalue weighted by Gasteiger charge is 2.31. The minimum absolute atomic E-state index is 0.397. The van der Waals surface area contributed by atoms with Gasteiger partial charge in [0.2, 0.25) is 0 Å². The van der Waals surface area contributed by atoms with E-state index in [9.17, 15) is 0 Å². The molecule has 2 atom stereocenters. The van der Waals surface area contributed by atoms with Crippen molar-refractivity contribution in [2.75, 3.05) is 7.05 Å². The maximum absolute atomic E-state index is 6.20. The van der Waals surface area contributed by atoms with Crippen molar-refractivity contribution >= 4 is 11.6 Å². The topological polar surface area (TPSA) is 3.24 Å². The van der Waals surface area contributed by atoms with Crippen LogP contribution in [0.4, 0.5) is 0 Å². The van der Waals surface area contributed by atoms with Crippen LogP contribution in [0.2, 0.25) is 5.02 Å². The molecule has 2 heteroatoms. The number of benzene rings is 2. The van der Waals surface area contributed by atoms with Crippen molar-refractivity contribution in [2.45, 2.75) is 25.4 Å². The van der Waals surface area contributed by atoms with Crippen molar-refractivity contribution in [2.24, 2.45) is 0 Å². The van der Waals surface area contributed by atoms with Crippen molar-refractivity contribution in [3.8, 4) is 0 Å². The van der Waals surface area contributed by atoms with Crippen LogP contribution in [0.5, 0.6) is 0 Å². The molecular formula is C17H18ClN. The van der Waals surface area contributed by atoms with Crippen molar-refractivity contribution in [1.82, 2.24) is 4.90 Å². The second kappa shape index (κ2) is 4.99. The molecule has 1 heterocycles. The van der Waals surface area contributed by atoms with Crippen LogP contribution in [0.15, 0.2) is 48.5 Å². The Morgan fingerprint density at radius 2 is 1.84 bits per heavy atom. The average molecular weight is 272 g/mol. The number of likely N-dealkylation sites (N-methyl/N-ethyl adjacent to an activating group) is 1. The molecule has 0 spiro atoms. The molecule has 0 fully saturated rings. The van der Waals surface area contributed by atoms with Crippen LogP contribution in [0, 0.1) is 0 Å². The van der Waals surface area contributed by atoms with Crippen molar-refractivity contribution in [3.05, 3.63) is 70.2 Å². The molecule has 2 aromatic carbocycles. The second-order valence-electron chi connectivity index (χ2n) is 5.39. The molecule has 0 saturated heterocycles. The first kappa shape index (κ1) is 12.7. The van der Waals surface area contributed by atoms with Gasteiger partial charge in [0.25, 0.3) is 0 Å². The zero-order valence-electron chi connectivity index (χ0n) is 11.3. The third kappa shape index (κ3) is 2.29. The van der Waals surface area contributed by atoms with Gasteiger partial charge in [0, 0.05) is 23.5 Å². The summed E-state index contributed by atoms with van der Waals surface area (Å²) in [5, 5.41) is 0.830. The van der Waals surface area contributed by atoms with E-state index >= 15 is 0 Å². The molecule has 1 aliphatic rings. The van der Waals surface area contributed by atoms with Crippen molar-refractivity contribution in [1.29, 1.82) is 0 Å². The molecule has 3 rings (SSSR count). The minimum Gasteiger partial charge on any atom is -0.298 e. The van der Waals surface area contributed by atoms with E-state index in [0.29, 0.717) is 12.0 Å². The first-order valence-electron chi connectivity index (χ1n) is 6.70. The molecule has 0 amide bonds. The maximum atomic E-state index is 6.20. The van der Waals surface area contributed by atoms with E-state index in [1.54, 1.807) is 0 Å². The molecule has 0 radical (unpaired) electrons. The van der Waals surface area contributed by atoms with Crippen molar-refractivity contribution < 1.29 is 0 Å². The summed E-state index contributed by atoms with van der Waals surface area (Å²) in [6.07, 6.45) is 0.